The van der Waals surface area contributed by atoms with E-state index in [0.717, 1.165) is 41.9 Å². The Labute approximate surface area is 201 Å². The summed E-state index contributed by atoms with van der Waals surface area (Å²) in [6.45, 7) is 5.36. The maximum atomic E-state index is 12.8. The van der Waals surface area contributed by atoms with Crippen LogP contribution < -0.4 is 0 Å². The van der Waals surface area contributed by atoms with Gasteiger partial charge in [0, 0.05) is 29.1 Å². The molecule has 176 valence electrons. The number of aromatic nitrogens is 2. The minimum absolute atomic E-state index is 0.0953. The minimum Gasteiger partial charge on any atom is -0.376 e. The van der Waals surface area contributed by atoms with E-state index in [1.807, 2.05) is 31.2 Å². The van der Waals surface area contributed by atoms with Gasteiger partial charge in [0.2, 0.25) is 0 Å². The van der Waals surface area contributed by atoms with Crippen LogP contribution >= 0.6 is 0 Å². The number of aldehydes is 1. The third-order valence-corrected chi connectivity index (χ3v) is 7.92. The van der Waals surface area contributed by atoms with Gasteiger partial charge >= 0.3 is 0 Å². The van der Waals surface area contributed by atoms with Gasteiger partial charge in [-0.25, -0.2) is 4.98 Å². The first-order chi connectivity index (χ1) is 16.5. The van der Waals surface area contributed by atoms with E-state index in [0.29, 0.717) is 26.1 Å². The van der Waals surface area contributed by atoms with Crippen molar-refractivity contribution in [3.8, 4) is 5.69 Å². The van der Waals surface area contributed by atoms with E-state index in [9.17, 15) is 9.59 Å². The largest absolute Gasteiger partial charge is 0.376 e. The highest BCUT2D eigenvalue weighted by Crippen LogP contribution is 2.52. The number of carbonyl (C=O) groups is 2. The first-order valence-corrected chi connectivity index (χ1v) is 12.3. The van der Waals surface area contributed by atoms with Gasteiger partial charge in [0.1, 0.15) is 17.9 Å². The number of ketones is 1. The van der Waals surface area contributed by atoms with Crippen LogP contribution in [0.1, 0.15) is 49.5 Å². The summed E-state index contributed by atoms with van der Waals surface area (Å²) in [7, 11) is 0. The number of rotatable bonds is 7. The maximum Gasteiger partial charge on any atom is 0.146 e. The van der Waals surface area contributed by atoms with E-state index in [4.69, 9.17) is 9.72 Å². The molecule has 5 rings (SSSR count). The van der Waals surface area contributed by atoms with E-state index in [1.165, 1.54) is 5.69 Å². The second-order valence-corrected chi connectivity index (χ2v) is 9.98. The van der Waals surface area contributed by atoms with Crippen molar-refractivity contribution in [1.82, 2.24) is 9.55 Å². The number of para-hydroxylation sites is 1. The highest BCUT2D eigenvalue weighted by Gasteiger charge is 2.53. The molecule has 0 N–H and O–H groups in total. The van der Waals surface area contributed by atoms with Crippen molar-refractivity contribution in [2.45, 2.75) is 51.6 Å². The highest BCUT2D eigenvalue weighted by atomic mass is 16.5. The first-order valence-electron chi connectivity index (χ1n) is 12.3. The number of hydrogen-bond acceptors (Lipinski definition) is 4. The van der Waals surface area contributed by atoms with Crippen LogP contribution in [0.3, 0.4) is 0 Å². The summed E-state index contributed by atoms with van der Waals surface area (Å²) in [6, 6.07) is 20.5. The summed E-state index contributed by atoms with van der Waals surface area (Å²) in [5.41, 5.74) is 4.25. The molecule has 5 nitrogen and oxygen atoms in total. The van der Waals surface area contributed by atoms with Crippen LogP contribution in [0, 0.1) is 17.8 Å². The molecule has 4 atom stereocenters. The van der Waals surface area contributed by atoms with E-state index in [2.05, 4.69) is 47.9 Å². The molecule has 0 bridgehead atoms. The van der Waals surface area contributed by atoms with Crippen molar-refractivity contribution in [3.05, 3.63) is 83.4 Å². The van der Waals surface area contributed by atoms with Crippen molar-refractivity contribution in [2.24, 2.45) is 17.8 Å². The summed E-state index contributed by atoms with van der Waals surface area (Å²) in [6.07, 6.45) is 3.91. The lowest BCUT2D eigenvalue weighted by molar-refractivity contribution is -0.137. The Balaban J connectivity index is 1.48. The fourth-order valence-electron chi connectivity index (χ4n) is 6.21. The zero-order valence-corrected chi connectivity index (χ0v) is 19.9. The lowest BCUT2D eigenvalue weighted by atomic mass is 9.54. The van der Waals surface area contributed by atoms with Crippen LogP contribution in [0.2, 0.25) is 0 Å². The van der Waals surface area contributed by atoms with Crippen molar-refractivity contribution < 1.29 is 14.3 Å². The lowest BCUT2D eigenvalue weighted by Crippen LogP contribution is -2.51. The quantitative estimate of drug-likeness (QED) is 0.289. The molecule has 2 aliphatic carbocycles. The maximum absolute atomic E-state index is 12.8. The molecule has 0 saturated heterocycles. The van der Waals surface area contributed by atoms with Gasteiger partial charge < -0.3 is 14.1 Å². The van der Waals surface area contributed by atoms with Crippen molar-refractivity contribution >= 4 is 12.1 Å². The van der Waals surface area contributed by atoms with Crippen LogP contribution in [-0.4, -0.2) is 28.2 Å². The number of carbonyl (C=O) groups excluding carboxylic acids is 2. The zero-order valence-electron chi connectivity index (χ0n) is 19.9. The van der Waals surface area contributed by atoms with E-state index in [1.54, 1.807) is 0 Å². The molecule has 2 aromatic carbocycles. The molecule has 1 unspecified atom stereocenters. The minimum atomic E-state index is -0.540. The molecular formula is C29H32N2O3. The monoisotopic (exact) mass is 456 g/mol. The number of fused-ring (bicyclic) bond motifs is 3. The van der Waals surface area contributed by atoms with Gasteiger partial charge in [-0.15, -0.1) is 0 Å². The number of benzene rings is 2. The fourth-order valence-corrected chi connectivity index (χ4v) is 6.21. The Morgan fingerprint density at radius 2 is 1.82 bits per heavy atom. The van der Waals surface area contributed by atoms with Crippen molar-refractivity contribution in [1.29, 1.82) is 0 Å². The number of imidazole rings is 1. The molecular weight excluding hydrogens is 424 g/mol. The summed E-state index contributed by atoms with van der Waals surface area (Å²) >= 11 is 0. The Morgan fingerprint density at radius 3 is 2.53 bits per heavy atom. The number of ether oxygens (including phenoxy) is 1. The average Bonchev–Trinajstić information content (AvgIpc) is 3.25. The topological polar surface area (TPSA) is 61.2 Å². The summed E-state index contributed by atoms with van der Waals surface area (Å²) in [4.78, 5) is 29.8. The van der Waals surface area contributed by atoms with Crippen molar-refractivity contribution in [2.75, 3.05) is 6.61 Å². The van der Waals surface area contributed by atoms with Gasteiger partial charge in [-0.05, 0) is 42.9 Å². The Bertz CT molecular complexity index is 1170. The summed E-state index contributed by atoms with van der Waals surface area (Å²) in [5.74, 6) is 0.629. The summed E-state index contributed by atoms with van der Waals surface area (Å²) < 4.78 is 8.29. The smallest absolute Gasteiger partial charge is 0.146 e. The van der Waals surface area contributed by atoms with Crippen LogP contribution in [0.5, 0.6) is 0 Å². The van der Waals surface area contributed by atoms with Gasteiger partial charge in [-0.2, -0.15) is 0 Å². The van der Waals surface area contributed by atoms with Crippen LogP contribution in [0.15, 0.2) is 60.7 Å². The van der Waals surface area contributed by atoms with E-state index in [-0.39, 0.29) is 23.0 Å². The molecule has 0 spiro atoms. The van der Waals surface area contributed by atoms with E-state index < -0.39 is 5.92 Å². The molecule has 5 heteroatoms. The highest BCUT2D eigenvalue weighted by molar-refractivity contribution is 5.96. The first kappa shape index (κ1) is 22.7. The molecule has 34 heavy (non-hydrogen) atoms. The van der Waals surface area contributed by atoms with Gasteiger partial charge in [0.05, 0.1) is 24.8 Å². The number of nitrogens with zero attached hydrogens (tertiary/aromatic N) is 2. The van der Waals surface area contributed by atoms with E-state index >= 15 is 0 Å². The molecule has 1 aromatic heterocycles. The molecule has 0 radical (unpaired) electrons. The second kappa shape index (κ2) is 9.30. The van der Waals surface area contributed by atoms with Crippen LogP contribution in [-0.2, 0) is 39.2 Å². The predicted octanol–water partition coefficient (Wildman–Crippen LogP) is 4.88. The normalized spacial score (nSPS) is 26.1. The Kier molecular flexibility index (Phi) is 6.22. The van der Waals surface area contributed by atoms with Crippen LogP contribution in [0.4, 0.5) is 0 Å². The molecule has 2 aliphatic rings. The Hall–Kier alpha value is -3.05. The molecule has 3 aromatic rings. The molecule has 0 amide bonds. The fraction of sp³-hybridized carbons (Fsp3) is 0.414. The molecule has 1 fully saturated rings. The van der Waals surface area contributed by atoms with Crippen molar-refractivity contribution in [3.63, 3.8) is 0 Å². The van der Waals surface area contributed by atoms with Gasteiger partial charge in [0.15, 0.2) is 0 Å². The van der Waals surface area contributed by atoms with Gasteiger partial charge in [0.25, 0.3) is 0 Å². The summed E-state index contributed by atoms with van der Waals surface area (Å²) in [5, 5.41) is 0. The van der Waals surface area contributed by atoms with Gasteiger partial charge in [-0.1, -0.05) is 62.4 Å². The number of hydrogen-bond donors (Lipinski definition) is 0. The van der Waals surface area contributed by atoms with Gasteiger partial charge in [-0.3, -0.25) is 4.79 Å². The second-order valence-electron chi connectivity index (χ2n) is 9.98. The molecule has 1 heterocycles. The zero-order chi connectivity index (χ0) is 23.7. The molecule has 1 saturated carbocycles. The third-order valence-electron chi connectivity index (χ3n) is 7.92. The standard InChI is InChI=1S/C29H32N2O3/c1-20-24-13-14-25-28(29(24,2)17-22(18-32)27(20)33)30-26(31(25)23-11-7-4-8-12-23)15-16-34-19-21-9-5-3-6-10-21/h3-12,18,20,22,24H,13-17,19H2,1-2H3/t20-,22?,24-,29-/m0/s1. The predicted molar refractivity (Wildman–Crippen MR) is 131 cm³/mol. The third kappa shape index (κ3) is 3.92. The SMILES string of the molecule is C[C@@H]1C(=O)C(C=O)C[C@]2(C)c3nc(CCOCc4ccccc4)n(-c4ccccc4)c3CC[C@@H]12. The average molecular weight is 457 g/mol. The van der Waals surface area contributed by atoms with Crippen LogP contribution in [0.25, 0.3) is 5.69 Å². The number of Topliss-reactive ketones (excluding diaryl/α,β-unsaturated/α-hetero) is 1. The molecule has 0 aliphatic heterocycles. The lowest BCUT2D eigenvalue weighted by Gasteiger charge is -2.48. The Morgan fingerprint density at radius 1 is 1.12 bits per heavy atom.